The van der Waals surface area contributed by atoms with Gasteiger partial charge in [0.05, 0.1) is 19.3 Å². The maximum atomic E-state index is 5.49. The summed E-state index contributed by atoms with van der Waals surface area (Å²) in [5.41, 5.74) is 0. The second-order valence-electron chi connectivity index (χ2n) is 3.82. The zero-order valence-electron chi connectivity index (χ0n) is 9.33. The van der Waals surface area contributed by atoms with Crippen molar-refractivity contribution in [3.8, 4) is 0 Å². The highest BCUT2D eigenvalue weighted by Gasteiger charge is 2.21. The van der Waals surface area contributed by atoms with Gasteiger partial charge >= 0.3 is 0 Å². The van der Waals surface area contributed by atoms with E-state index in [1.54, 1.807) is 0 Å². The highest BCUT2D eigenvalue weighted by atomic mass is 16.7. The van der Waals surface area contributed by atoms with Crippen molar-refractivity contribution >= 4 is 0 Å². The molecular weight excluding hydrogens is 180 g/mol. The molecule has 0 N–H and O–H groups in total. The van der Waals surface area contributed by atoms with Crippen molar-refractivity contribution in [3.05, 3.63) is 0 Å². The third-order valence-corrected chi connectivity index (χ3v) is 2.29. The van der Waals surface area contributed by atoms with Gasteiger partial charge in [0.2, 0.25) is 0 Å². The maximum absolute atomic E-state index is 5.49. The lowest BCUT2D eigenvalue weighted by Gasteiger charge is -2.09. The second-order valence-corrected chi connectivity index (χ2v) is 3.82. The molecule has 0 spiro atoms. The minimum absolute atomic E-state index is 0.0313. The molecule has 1 aliphatic heterocycles. The Kier molecular flexibility index (Phi) is 6.15. The van der Waals surface area contributed by atoms with Crippen LogP contribution in [0.15, 0.2) is 0 Å². The number of hydrogen-bond acceptors (Lipinski definition) is 3. The Morgan fingerprint density at radius 1 is 1.29 bits per heavy atom. The summed E-state index contributed by atoms with van der Waals surface area (Å²) in [5.74, 6) is 0. The van der Waals surface area contributed by atoms with Crippen molar-refractivity contribution < 1.29 is 14.2 Å². The first kappa shape index (κ1) is 12.0. The third-order valence-electron chi connectivity index (χ3n) is 2.29. The summed E-state index contributed by atoms with van der Waals surface area (Å²) >= 11 is 0. The van der Waals surface area contributed by atoms with E-state index in [0.29, 0.717) is 0 Å². The summed E-state index contributed by atoms with van der Waals surface area (Å²) < 4.78 is 16.4. The van der Waals surface area contributed by atoms with Gasteiger partial charge in [-0.2, -0.15) is 0 Å². The van der Waals surface area contributed by atoms with Gasteiger partial charge in [0.15, 0.2) is 6.29 Å². The van der Waals surface area contributed by atoms with Crippen LogP contribution in [0.4, 0.5) is 0 Å². The molecule has 1 heterocycles. The normalized spacial score (nSPS) is 27.0. The molecule has 0 aromatic rings. The number of hydrogen-bond donors (Lipinski definition) is 0. The lowest BCUT2D eigenvalue weighted by molar-refractivity contribution is -0.0727. The highest BCUT2D eigenvalue weighted by Crippen LogP contribution is 2.13. The van der Waals surface area contributed by atoms with Gasteiger partial charge in [0.1, 0.15) is 0 Å². The van der Waals surface area contributed by atoms with Gasteiger partial charge < -0.3 is 14.2 Å². The number of unbranched alkanes of at least 4 members (excludes halogenated alkanes) is 2. The van der Waals surface area contributed by atoms with E-state index in [2.05, 4.69) is 6.92 Å². The summed E-state index contributed by atoms with van der Waals surface area (Å²) in [4.78, 5) is 0. The van der Waals surface area contributed by atoms with E-state index in [4.69, 9.17) is 14.2 Å². The van der Waals surface area contributed by atoms with Crippen LogP contribution in [0.3, 0.4) is 0 Å². The standard InChI is InChI=1S/C11H22O3/c1-3-4-5-7-12-8-6-11-13-9-10(2)14-11/h10-11H,3-9H2,1-2H3/t10-,11+/m0/s1. The van der Waals surface area contributed by atoms with Gasteiger partial charge in [-0.15, -0.1) is 0 Å². The predicted molar refractivity (Wildman–Crippen MR) is 55.2 cm³/mol. The van der Waals surface area contributed by atoms with Crippen LogP contribution >= 0.6 is 0 Å². The average Bonchev–Trinajstić information content (AvgIpc) is 2.58. The van der Waals surface area contributed by atoms with Gasteiger partial charge in [-0.05, 0) is 13.3 Å². The van der Waals surface area contributed by atoms with Crippen LogP contribution in [0.5, 0.6) is 0 Å². The molecule has 0 bridgehead atoms. The van der Waals surface area contributed by atoms with E-state index >= 15 is 0 Å². The Labute approximate surface area is 86.7 Å². The number of rotatable bonds is 7. The fourth-order valence-electron chi connectivity index (χ4n) is 1.47. The first-order valence-electron chi connectivity index (χ1n) is 5.67. The van der Waals surface area contributed by atoms with Gasteiger partial charge in [-0.1, -0.05) is 19.8 Å². The molecule has 0 aromatic heterocycles. The first-order chi connectivity index (χ1) is 6.83. The molecule has 84 valence electrons. The van der Waals surface area contributed by atoms with Crippen molar-refractivity contribution in [1.82, 2.24) is 0 Å². The van der Waals surface area contributed by atoms with Crippen molar-refractivity contribution in [2.45, 2.75) is 51.9 Å². The molecule has 1 saturated heterocycles. The second kappa shape index (κ2) is 7.21. The minimum atomic E-state index is -0.0313. The van der Waals surface area contributed by atoms with Crippen molar-refractivity contribution in [2.75, 3.05) is 19.8 Å². The molecule has 0 radical (unpaired) electrons. The lowest BCUT2D eigenvalue weighted by atomic mass is 10.3. The largest absolute Gasteiger partial charge is 0.381 e. The Hall–Kier alpha value is -0.120. The summed E-state index contributed by atoms with van der Waals surface area (Å²) in [5, 5.41) is 0. The molecule has 0 aliphatic carbocycles. The Morgan fingerprint density at radius 3 is 2.79 bits per heavy atom. The summed E-state index contributed by atoms with van der Waals surface area (Å²) in [6, 6.07) is 0. The van der Waals surface area contributed by atoms with Gasteiger partial charge in [0.25, 0.3) is 0 Å². The van der Waals surface area contributed by atoms with Crippen molar-refractivity contribution in [1.29, 1.82) is 0 Å². The van der Waals surface area contributed by atoms with Crippen LogP contribution < -0.4 is 0 Å². The van der Waals surface area contributed by atoms with E-state index in [9.17, 15) is 0 Å². The lowest BCUT2D eigenvalue weighted by Crippen LogP contribution is -2.12. The highest BCUT2D eigenvalue weighted by molar-refractivity contribution is 4.59. The molecular formula is C11H22O3. The molecule has 3 heteroatoms. The van der Waals surface area contributed by atoms with Crippen molar-refractivity contribution in [2.24, 2.45) is 0 Å². The smallest absolute Gasteiger partial charge is 0.160 e. The molecule has 1 rings (SSSR count). The quantitative estimate of drug-likeness (QED) is 0.593. The summed E-state index contributed by atoms with van der Waals surface area (Å²) in [7, 11) is 0. The van der Waals surface area contributed by atoms with E-state index in [1.165, 1.54) is 19.3 Å². The van der Waals surface area contributed by atoms with Crippen LogP contribution in [0.25, 0.3) is 0 Å². The molecule has 0 unspecified atom stereocenters. The van der Waals surface area contributed by atoms with E-state index in [-0.39, 0.29) is 12.4 Å². The van der Waals surface area contributed by atoms with Gasteiger partial charge in [-0.3, -0.25) is 0 Å². The number of ether oxygens (including phenoxy) is 3. The molecule has 1 aliphatic rings. The topological polar surface area (TPSA) is 27.7 Å². The van der Waals surface area contributed by atoms with Crippen molar-refractivity contribution in [3.63, 3.8) is 0 Å². The summed E-state index contributed by atoms with van der Waals surface area (Å²) in [6.45, 7) is 6.57. The molecule has 0 saturated carbocycles. The molecule has 0 aromatic carbocycles. The SMILES string of the molecule is CCCCCOCC[C@@H]1OC[C@H](C)O1. The van der Waals surface area contributed by atoms with Crippen LogP contribution in [0.2, 0.25) is 0 Å². The summed E-state index contributed by atoms with van der Waals surface area (Å²) in [6.07, 6.45) is 4.75. The predicted octanol–water partition coefficient (Wildman–Crippen LogP) is 2.34. The average molecular weight is 202 g/mol. The molecule has 14 heavy (non-hydrogen) atoms. The minimum Gasteiger partial charge on any atom is -0.381 e. The molecule has 1 fully saturated rings. The zero-order valence-corrected chi connectivity index (χ0v) is 9.33. The molecule has 2 atom stereocenters. The van der Waals surface area contributed by atoms with E-state index in [1.807, 2.05) is 6.92 Å². The van der Waals surface area contributed by atoms with E-state index < -0.39 is 0 Å². The van der Waals surface area contributed by atoms with Crippen LogP contribution in [0.1, 0.15) is 39.5 Å². The Bertz CT molecular complexity index is 138. The Morgan fingerprint density at radius 2 is 2.14 bits per heavy atom. The molecule has 0 amide bonds. The van der Waals surface area contributed by atoms with Crippen LogP contribution in [-0.2, 0) is 14.2 Å². The van der Waals surface area contributed by atoms with Crippen LogP contribution in [-0.4, -0.2) is 32.2 Å². The first-order valence-corrected chi connectivity index (χ1v) is 5.67. The molecule has 3 nitrogen and oxygen atoms in total. The third kappa shape index (κ3) is 4.94. The van der Waals surface area contributed by atoms with Gasteiger partial charge in [-0.25, -0.2) is 0 Å². The fraction of sp³-hybridized carbons (Fsp3) is 1.00. The van der Waals surface area contributed by atoms with Gasteiger partial charge in [0, 0.05) is 13.0 Å². The van der Waals surface area contributed by atoms with E-state index in [0.717, 1.165) is 26.2 Å². The monoisotopic (exact) mass is 202 g/mol. The zero-order chi connectivity index (χ0) is 10.2. The van der Waals surface area contributed by atoms with Crippen LogP contribution in [0, 0.1) is 0 Å². The maximum Gasteiger partial charge on any atom is 0.160 e. The fourth-order valence-corrected chi connectivity index (χ4v) is 1.47. The Balaban J connectivity index is 1.84.